The summed E-state index contributed by atoms with van der Waals surface area (Å²) < 4.78 is 5.82. The van der Waals surface area contributed by atoms with Crippen molar-refractivity contribution in [3.63, 3.8) is 0 Å². The van der Waals surface area contributed by atoms with Crippen LogP contribution in [0, 0.1) is 17.0 Å². The standard InChI is InChI=1S/C25H22N4O4/c1-16-4-11-23-20(14-16)27-25(33-23)17-5-8-19(9-6-17)26-24(30)18-7-10-21(22(15-18)29(31)32)28-12-2-3-13-28/h4-11,14-15H,2-3,12-13H2,1H3,(H,26,30). The smallest absolute Gasteiger partial charge is 0.293 e. The number of benzene rings is 3. The Labute approximate surface area is 190 Å². The van der Waals surface area contributed by atoms with E-state index in [-0.39, 0.29) is 11.3 Å². The van der Waals surface area contributed by atoms with E-state index in [1.165, 1.54) is 6.07 Å². The van der Waals surface area contributed by atoms with Crippen molar-refractivity contribution in [2.45, 2.75) is 19.8 Å². The third-order valence-electron chi connectivity index (χ3n) is 5.81. The van der Waals surface area contributed by atoms with Crippen LogP contribution in [0.4, 0.5) is 17.1 Å². The van der Waals surface area contributed by atoms with Gasteiger partial charge in [0.2, 0.25) is 5.89 Å². The molecule has 2 heterocycles. The maximum absolute atomic E-state index is 12.7. The lowest BCUT2D eigenvalue weighted by Gasteiger charge is -2.17. The van der Waals surface area contributed by atoms with Crippen LogP contribution >= 0.6 is 0 Å². The summed E-state index contributed by atoms with van der Waals surface area (Å²) in [5.74, 6) is 0.0952. The lowest BCUT2D eigenvalue weighted by atomic mass is 10.1. The number of fused-ring (bicyclic) bond motifs is 1. The highest BCUT2D eigenvalue weighted by Gasteiger charge is 2.24. The summed E-state index contributed by atoms with van der Waals surface area (Å²) >= 11 is 0. The molecular weight excluding hydrogens is 420 g/mol. The first-order chi connectivity index (χ1) is 16.0. The number of nitro groups is 1. The van der Waals surface area contributed by atoms with Crippen molar-refractivity contribution in [1.29, 1.82) is 0 Å². The van der Waals surface area contributed by atoms with Crippen LogP contribution in [0.3, 0.4) is 0 Å². The Morgan fingerprint density at radius 2 is 1.82 bits per heavy atom. The van der Waals surface area contributed by atoms with E-state index in [0.29, 0.717) is 22.8 Å². The largest absolute Gasteiger partial charge is 0.436 e. The molecule has 8 heteroatoms. The monoisotopic (exact) mass is 442 g/mol. The number of hydrogen-bond donors (Lipinski definition) is 1. The van der Waals surface area contributed by atoms with Gasteiger partial charge in [-0.2, -0.15) is 0 Å². The second kappa shape index (κ2) is 8.38. The normalized spacial score (nSPS) is 13.4. The summed E-state index contributed by atoms with van der Waals surface area (Å²) in [4.78, 5) is 30.4. The number of nitrogens with zero attached hydrogens (tertiary/aromatic N) is 3. The minimum Gasteiger partial charge on any atom is -0.436 e. The molecule has 1 aromatic heterocycles. The second-order valence-electron chi connectivity index (χ2n) is 8.18. The molecule has 0 spiro atoms. The van der Waals surface area contributed by atoms with Crippen molar-refractivity contribution < 1.29 is 14.1 Å². The number of anilines is 2. The van der Waals surface area contributed by atoms with Gasteiger partial charge in [0.25, 0.3) is 11.6 Å². The van der Waals surface area contributed by atoms with Crippen LogP contribution in [-0.4, -0.2) is 28.9 Å². The zero-order chi connectivity index (χ0) is 22.9. The maximum Gasteiger partial charge on any atom is 0.293 e. The van der Waals surface area contributed by atoms with Crippen LogP contribution in [0.1, 0.15) is 28.8 Å². The molecule has 0 saturated carbocycles. The minimum absolute atomic E-state index is 0.0499. The fraction of sp³-hybridized carbons (Fsp3) is 0.200. The number of oxazole rings is 1. The van der Waals surface area contributed by atoms with Crippen molar-refractivity contribution >= 4 is 34.1 Å². The van der Waals surface area contributed by atoms with E-state index >= 15 is 0 Å². The van der Waals surface area contributed by atoms with Gasteiger partial charge in [0.15, 0.2) is 5.58 Å². The van der Waals surface area contributed by atoms with E-state index in [9.17, 15) is 14.9 Å². The second-order valence-corrected chi connectivity index (χ2v) is 8.18. The lowest BCUT2D eigenvalue weighted by Crippen LogP contribution is -2.19. The van der Waals surface area contributed by atoms with Gasteiger partial charge in [-0.1, -0.05) is 6.07 Å². The van der Waals surface area contributed by atoms with E-state index in [1.54, 1.807) is 24.3 Å². The minimum atomic E-state index is -0.430. The molecule has 0 radical (unpaired) electrons. The van der Waals surface area contributed by atoms with Crippen LogP contribution in [0.2, 0.25) is 0 Å². The number of rotatable bonds is 5. The van der Waals surface area contributed by atoms with E-state index in [2.05, 4.69) is 10.3 Å². The summed E-state index contributed by atoms with van der Waals surface area (Å²) in [5, 5.41) is 14.4. The molecule has 33 heavy (non-hydrogen) atoms. The SMILES string of the molecule is Cc1ccc2oc(-c3ccc(NC(=O)c4ccc(N5CCCC5)c([N+](=O)[O-])c4)cc3)nc2c1. The maximum atomic E-state index is 12.7. The van der Waals surface area contributed by atoms with Crippen LogP contribution in [-0.2, 0) is 0 Å². The van der Waals surface area contributed by atoms with Crippen molar-refractivity contribution in [2.24, 2.45) is 0 Å². The molecular formula is C25H22N4O4. The Hall–Kier alpha value is -4.20. The third kappa shape index (κ3) is 4.15. The Balaban J connectivity index is 1.34. The van der Waals surface area contributed by atoms with Gasteiger partial charge >= 0.3 is 0 Å². The molecule has 1 aliphatic rings. The van der Waals surface area contributed by atoms with E-state index in [4.69, 9.17) is 4.42 Å². The number of nitro benzene ring substituents is 1. The highest BCUT2D eigenvalue weighted by molar-refractivity contribution is 6.05. The van der Waals surface area contributed by atoms with E-state index in [0.717, 1.165) is 42.6 Å². The van der Waals surface area contributed by atoms with Crippen LogP contribution < -0.4 is 10.2 Å². The van der Waals surface area contributed by atoms with Gasteiger partial charge in [0.1, 0.15) is 11.2 Å². The van der Waals surface area contributed by atoms with Crippen molar-refractivity contribution in [3.8, 4) is 11.5 Å². The first-order valence-electron chi connectivity index (χ1n) is 10.8. The average molecular weight is 442 g/mol. The zero-order valence-electron chi connectivity index (χ0n) is 18.1. The highest BCUT2D eigenvalue weighted by Crippen LogP contribution is 2.32. The summed E-state index contributed by atoms with van der Waals surface area (Å²) in [6.07, 6.45) is 2.02. The Morgan fingerprint density at radius 3 is 2.55 bits per heavy atom. The summed E-state index contributed by atoms with van der Waals surface area (Å²) in [6, 6.07) is 17.6. The van der Waals surface area contributed by atoms with Gasteiger partial charge in [-0.15, -0.1) is 0 Å². The molecule has 1 amide bonds. The number of nitrogens with one attached hydrogen (secondary N) is 1. The molecule has 0 bridgehead atoms. The number of aromatic nitrogens is 1. The molecule has 166 valence electrons. The summed E-state index contributed by atoms with van der Waals surface area (Å²) in [5.41, 5.74) is 4.72. The van der Waals surface area contributed by atoms with Crippen LogP contribution in [0.15, 0.2) is 65.1 Å². The Kier molecular flexibility index (Phi) is 5.26. The summed E-state index contributed by atoms with van der Waals surface area (Å²) in [7, 11) is 0. The molecule has 1 N–H and O–H groups in total. The molecule has 0 aliphatic carbocycles. The van der Waals surface area contributed by atoms with E-state index in [1.807, 2.05) is 42.2 Å². The van der Waals surface area contributed by atoms with Crippen LogP contribution in [0.25, 0.3) is 22.6 Å². The van der Waals surface area contributed by atoms with Gasteiger partial charge in [0.05, 0.1) is 4.92 Å². The number of hydrogen-bond acceptors (Lipinski definition) is 6. The van der Waals surface area contributed by atoms with Crippen LogP contribution in [0.5, 0.6) is 0 Å². The molecule has 4 aromatic rings. The molecule has 3 aromatic carbocycles. The predicted molar refractivity (Wildman–Crippen MR) is 127 cm³/mol. The van der Waals surface area contributed by atoms with Gasteiger partial charge in [-0.05, 0) is 73.9 Å². The first-order valence-corrected chi connectivity index (χ1v) is 10.8. The van der Waals surface area contributed by atoms with Crippen molar-refractivity contribution in [3.05, 3.63) is 81.9 Å². The van der Waals surface area contributed by atoms with Crippen molar-refractivity contribution in [2.75, 3.05) is 23.3 Å². The molecule has 1 saturated heterocycles. The summed E-state index contributed by atoms with van der Waals surface area (Å²) in [6.45, 7) is 3.58. The zero-order valence-corrected chi connectivity index (χ0v) is 18.1. The van der Waals surface area contributed by atoms with E-state index < -0.39 is 10.8 Å². The quantitative estimate of drug-likeness (QED) is 0.321. The molecule has 1 aliphatic heterocycles. The van der Waals surface area contributed by atoms with Gasteiger partial charge in [-0.3, -0.25) is 14.9 Å². The topological polar surface area (TPSA) is 102 Å². The molecule has 0 atom stereocenters. The molecule has 1 fully saturated rings. The van der Waals surface area contributed by atoms with Crippen molar-refractivity contribution in [1.82, 2.24) is 4.98 Å². The Bertz CT molecular complexity index is 1350. The van der Waals surface area contributed by atoms with Gasteiger partial charge in [0, 0.05) is 36.0 Å². The first kappa shape index (κ1) is 20.7. The fourth-order valence-corrected chi connectivity index (χ4v) is 4.10. The lowest BCUT2D eigenvalue weighted by molar-refractivity contribution is -0.384. The number of carbonyl (C=O) groups excluding carboxylic acids is 1. The highest BCUT2D eigenvalue weighted by atomic mass is 16.6. The average Bonchev–Trinajstić information content (AvgIpc) is 3.49. The Morgan fingerprint density at radius 1 is 1.06 bits per heavy atom. The molecule has 0 unspecified atom stereocenters. The third-order valence-corrected chi connectivity index (χ3v) is 5.81. The number of carbonyl (C=O) groups is 1. The van der Waals surface area contributed by atoms with Gasteiger partial charge in [-0.25, -0.2) is 4.98 Å². The fourth-order valence-electron chi connectivity index (χ4n) is 4.10. The molecule has 5 rings (SSSR count). The van der Waals surface area contributed by atoms with Gasteiger partial charge < -0.3 is 14.6 Å². The molecule has 8 nitrogen and oxygen atoms in total. The predicted octanol–water partition coefficient (Wildman–Crippen LogP) is 5.56. The number of aryl methyl sites for hydroxylation is 1. The number of amides is 1.